The van der Waals surface area contributed by atoms with Gasteiger partial charge in [-0.15, -0.1) is 0 Å². The third-order valence-corrected chi connectivity index (χ3v) is 2.15. The van der Waals surface area contributed by atoms with Crippen LogP contribution in [0.5, 0.6) is 0 Å². The fraction of sp³-hybridized carbons (Fsp3) is 0.700. The highest BCUT2D eigenvalue weighted by Gasteiger charge is 2.58. The molecule has 0 aromatic rings. The van der Waals surface area contributed by atoms with Crippen LogP contribution in [-0.4, -0.2) is 41.5 Å². The van der Waals surface area contributed by atoms with E-state index in [0.29, 0.717) is 0 Å². The number of allylic oxidation sites excluding steroid dienone is 1. The molecule has 1 unspecified atom stereocenters. The number of alkyl halides is 6. The molecule has 0 aromatic heterocycles. The van der Waals surface area contributed by atoms with Crippen molar-refractivity contribution in [2.24, 2.45) is 10.8 Å². The molecule has 1 atom stereocenters. The predicted molar refractivity (Wildman–Crippen MR) is 68.5 cm³/mol. The third kappa shape index (κ3) is 5.61. The lowest BCUT2D eigenvalue weighted by molar-refractivity contribution is -0.293. The summed E-state index contributed by atoms with van der Waals surface area (Å²) >= 11 is 3.08. The maximum absolute atomic E-state index is 12.8. The van der Waals surface area contributed by atoms with Gasteiger partial charge in [-0.25, -0.2) is 10.8 Å². The van der Waals surface area contributed by atoms with E-state index in [0.717, 1.165) is 5.01 Å². The van der Waals surface area contributed by atoms with E-state index < -0.39 is 23.7 Å². The van der Waals surface area contributed by atoms with E-state index in [1.54, 1.807) is 6.92 Å². The molecule has 0 fully saturated rings. The Hall–Kier alpha value is -0.900. The van der Waals surface area contributed by atoms with E-state index in [4.69, 9.17) is 5.84 Å². The minimum Gasteiger partial charge on any atom is -0.483 e. The summed E-state index contributed by atoms with van der Waals surface area (Å²) in [5, 5.41) is 0.957. The van der Waals surface area contributed by atoms with Crippen molar-refractivity contribution in [1.29, 1.82) is 0 Å². The summed E-state index contributed by atoms with van der Waals surface area (Å²) in [5.41, 5.74) is 0. The van der Waals surface area contributed by atoms with Crippen molar-refractivity contribution in [2.45, 2.75) is 30.9 Å². The average molecular weight is 368 g/mol. The lowest BCUT2D eigenvalue weighted by Gasteiger charge is -2.23. The monoisotopic (exact) mass is 367 g/mol. The molecule has 2 N–H and O–H groups in total. The number of rotatable bonds is 5. The van der Waals surface area contributed by atoms with Gasteiger partial charge in [-0.2, -0.15) is 22.0 Å². The molecule has 0 aromatic carbocycles. The van der Waals surface area contributed by atoms with Crippen LogP contribution in [0.15, 0.2) is 16.8 Å². The Morgan fingerprint density at radius 1 is 1.40 bits per heavy atom. The molecule has 0 bridgehead atoms. The van der Waals surface area contributed by atoms with Crippen LogP contribution in [0, 0.1) is 0 Å². The van der Waals surface area contributed by atoms with Crippen LogP contribution in [0.25, 0.3) is 0 Å². The summed E-state index contributed by atoms with van der Waals surface area (Å²) in [4.78, 5) is 3.50. The number of likely N-dealkylation sites (N-methyl/N-ethyl adjacent to an activating group) is 1. The number of ether oxygens (including phenoxy) is 1. The van der Waals surface area contributed by atoms with Crippen LogP contribution in [0.2, 0.25) is 0 Å². The number of hydrazine groups is 1. The second kappa shape index (κ2) is 7.21. The Labute approximate surface area is 121 Å². The molecule has 0 saturated carbocycles. The van der Waals surface area contributed by atoms with Crippen molar-refractivity contribution < 1.29 is 26.7 Å². The summed E-state index contributed by atoms with van der Waals surface area (Å²) in [5.74, 6) is 0.146. The van der Waals surface area contributed by atoms with Gasteiger partial charge in [-0.1, -0.05) is 15.9 Å². The molecule has 118 valence electrons. The van der Waals surface area contributed by atoms with E-state index in [2.05, 4.69) is 25.7 Å². The molecule has 0 aliphatic rings. The van der Waals surface area contributed by atoms with E-state index >= 15 is 0 Å². The molecular weight excluding hydrogens is 353 g/mol. The van der Waals surface area contributed by atoms with E-state index in [1.165, 1.54) is 20.0 Å². The van der Waals surface area contributed by atoms with Gasteiger partial charge in [0.15, 0.2) is 18.2 Å². The number of nitrogens with zero attached hydrogens (tertiary/aromatic N) is 2. The van der Waals surface area contributed by atoms with Gasteiger partial charge in [0.25, 0.3) is 0 Å². The molecule has 10 heteroatoms. The van der Waals surface area contributed by atoms with Crippen LogP contribution >= 0.6 is 15.9 Å². The molecule has 0 spiro atoms. The zero-order valence-corrected chi connectivity index (χ0v) is 12.6. The first kappa shape index (κ1) is 19.1. The first-order chi connectivity index (χ1) is 8.92. The van der Waals surface area contributed by atoms with Gasteiger partial charge in [0.1, 0.15) is 4.95 Å². The van der Waals surface area contributed by atoms with Gasteiger partial charge in [-0.3, -0.25) is 5.01 Å². The molecule has 20 heavy (non-hydrogen) atoms. The molecule has 0 heterocycles. The normalized spacial score (nSPS) is 16.1. The highest BCUT2D eigenvalue weighted by atomic mass is 79.9. The zero-order chi connectivity index (χ0) is 16.1. The summed E-state index contributed by atoms with van der Waals surface area (Å²) < 4.78 is 66.2. The van der Waals surface area contributed by atoms with Crippen molar-refractivity contribution in [3.8, 4) is 0 Å². The lowest BCUT2D eigenvalue weighted by atomic mass is 10.3. The molecule has 4 nitrogen and oxygen atoms in total. The molecular formula is C10H15BrF5N3O. The van der Waals surface area contributed by atoms with Gasteiger partial charge in [0.05, 0.1) is 0 Å². The minimum atomic E-state index is -5.68. The fourth-order valence-corrected chi connectivity index (χ4v) is 1.22. The number of nitrogens with two attached hydrogens (primary N) is 1. The summed E-state index contributed by atoms with van der Waals surface area (Å²) in [6, 6.07) is 0. The Morgan fingerprint density at radius 2 is 1.90 bits per heavy atom. The fourth-order valence-electron chi connectivity index (χ4n) is 1.02. The Morgan fingerprint density at radius 3 is 2.20 bits per heavy atom. The van der Waals surface area contributed by atoms with Crippen molar-refractivity contribution in [1.82, 2.24) is 5.01 Å². The number of hydrogen-bond donors (Lipinski definition) is 1. The first-order valence-electron chi connectivity index (χ1n) is 5.36. The van der Waals surface area contributed by atoms with Gasteiger partial charge >= 0.3 is 12.1 Å². The number of hydrogen-bond acceptors (Lipinski definition) is 3. The summed E-state index contributed by atoms with van der Waals surface area (Å²) in [7, 11) is 1.35. The SMILES string of the molecule is C/C=C(/OCC(F)(F)C(F)(F)F)C(=NC(C)Br)N(C)N. The second-order valence-electron chi connectivity index (χ2n) is 3.78. The van der Waals surface area contributed by atoms with E-state index in [1.807, 2.05) is 0 Å². The van der Waals surface area contributed by atoms with Gasteiger partial charge in [-0.05, 0) is 19.9 Å². The van der Waals surface area contributed by atoms with E-state index in [-0.39, 0.29) is 11.6 Å². The van der Waals surface area contributed by atoms with Crippen LogP contribution in [-0.2, 0) is 4.74 Å². The van der Waals surface area contributed by atoms with Crippen molar-refractivity contribution in [3.63, 3.8) is 0 Å². The number of aliphatic imine (C=N–C) groups is 1. The Balaban J connectivity index is 5.06. The van der Waals surface area contributed by atoms with Crippen molar-refractivity contribution in [2.75, 3.05) is 13.7 Å². The predicted octanol–water partition coefficient (Wildman–Crippen LogP) is 3.05. The van der Waals surface area contributed by atoms with Crippen LogP contribution in [0.3, 0.4) is 0 Å². The standard InChI is InChI=1S/C10H15BrF5N3O/c1-4-7(8(19(3)17)18-6(2)11)20-5-9(12,13)10(14,15)16/h4,6H,5,17H2,1-3H3/b7-4+,18-8?. The second-order valence-corrected chi connectivity index (χ2v) is 5.11. The number of halogens is 6. The van der Waals surface area contributed by atoms with Crippen LogP contribution in [0.1, 0.15) is 13.8 Å². The topological polar surface area (TPSA) is 50.8 Å². The van der Waals surface area contributed by atoms with E-state index in [9.17, 15) is 22.0 Å². The molecule has 0 radical (unpaired) electrons. The molecule has 0 aliphatic carbocycles. The largest absolute Gasteiger partial charge is 0.483 e. The van der Waals surface area contributed by atoms with Gasteiger partial charge < -0.3 is 4.74 Å². The highest BCUT2D eigenvalue weighted by Crippen LogP contribution is 2.35. The molecule has 0 amide bonds. The maximum atomic E-state index is 12.8. The molecule has 0 rings (SSSR count). The van der Waals surface area contributed by atoms with Crippen LogP contribution in [0.4, 0.5) is 22.0 Å². The zero-order valence-electron chi connectivity index (χ0n) is 11.0. The lowest BCUT2D eigenvalue weighted by Crippen LogP contribution is -2.42. The van der Waals surface area contributed by atoms with Gasteiger partial charge in [0, 0.05) is 7.05 Å². The quantitative estimate of drug-likeness (QED) is 0.119. The molecule has 0 aliphatic heterocycles. The molecule has 0 saturated heterocycles. The smallest absolute Gasteiger partial charge is 0.456 e. The maximum Gasteiger partial charge on any atom is 0.456 e. The first-order valence-corrected chi connectivity index (χ1v) is 6.28. The Bertz CT molecular complexity index is 380. The van der Waals surface area contributed by atoms with Gasteiger partial charge in [0.2, 0.25) is 0 Å². The summed E-state index contributed by atoms with van der Waals surface area (Å²) in [6.07, 6.45) is -4.48. The average Bonchev–Trinajstić information content (AvgIpc) is 2.25. The third-order valence-electron chi connectivity index (χ3n) is 1.94. The van der Waals surface area contributed by atoms with Crippen molar-refractivity contribution >= 4 is 21.8 Å². The summed E-state index contributed by atoms with van der Waals surface area (Å²) in [6.45, 7) is 1.17. The minimum absolute atomic E-state index is 0.0603. The van der Waals surface area contributed by atoms with Crippen molar-refractivity contribution in [3.05, 3.63) is 11.8 Å². The Kier molecular flexibility index (Phi) is 6.88. The highest BCUT2D eigenvalue weighted by molar-refractivity contribution is 9.09. The van der Waals surface area contributed by atoms with Crippen LogP contribution < -0.4 is 5.84 Å². The number of amidine groups is 1.